The van der Waals surface area contributed by atoms with Crippen molar-refractivity contribution in [3.05, 3.63) is 66.6 Å². The molecule has 5 rings (SSSR count). The minimum Gasteiger partial charge on any atom is -0.490 e. The monoisotopic (exact) mass is 419 g/mol. The molecule has 1 aliphatic heterocycles. The Kier molecular flexibility index (Phi) is 5.36. The first-order chi connectivity index (χ1) is 15.2. The molecular formula is C24H25N3O4. The van der Waals surface area contributed by atoms with Crippen LogP contribution in [0.15, 0.2) is 65.3 Å². The number of rotatable bonds is 6. The molecule has 2 aromatic heterocycles. The Balaban J connectivity index is 1.17. The van der Waals surface area contributed by atoms with E-state index in [2.05, 4.69) is 16.0 Å². The molecule has 0 saturated carbocycles. The van der Waals surface area contributed by atoms with Crippen molar-refractivity contribution in [2.45, 2.75) is 6.10 Å². The third kappa shape index (κ3) is 4.02. The summed E-state index contributed by atoms with van der Waals surface area (Å²) in [6, 6.07) is 17.5. The SMILES string of the molecule is O=C(c1ccco1)N1CCN(CC(O)COc2cccc3[nH]c4ccccc4c23)CC1. The number of ether oxygens (including phenoxy) is 1. The van der Waals surface area contributed by atoms with E-state index in [-0.39, 0.29) is 12.5 Å². The predicted molar refractivity (Wildman–Crippen MR) is 118 cm³/mol. The number of benzene rings is 2. The van der Waals surface area contributed by atoms with Crippen LogP contribution in [0.2, 0.25) is 0 Å². The Morgan fingerprint density at radius 2 is 1.84 bits per heavy atom. The molecule has 1 aliphatic rings. The zero-order valence-electron chi connectivity index (χ0n) is 17.2. The van der Waals surface area contributed by atoms with Crippen molar-refractivity contribution < 1.29 is 19.1 Å². The molecular weight excluding hydrogens is 394 g/mol. The Morgan fingerprint density at radius 1 is 1.03 bits per heavy atom. The summed E-state index contributed by atoms with van der Waals surface area (Å²) >= 11 is 0. The van der Waals surface area contributed by atoms with Crippen molar-refractivity contribution >= 4 is 27.7 Å². The molecule has 1 saturated heterocycles. The summed E-state index contributed by atoms with van der Waals surface area (Å²) in [5.74, 6) is 1.05. The number of hydrogen-bond donors (Lipinski definition) is 2. The maximum Gasteiger partial charge on any atom is 0.289 e. The van der Waals surface area contributed by atoms with E-state index < -0.39 is 6.10 Å². The van der Waals surface area contributed by atoms with Crippen molar-refractivity contribution in [1.29, 1.82) is 0 Å². The summed E-state index contributed by atoms with van der Waals surface area (Å²) in [4.78, 5) is 19.7. The van der Waals surface area contributed by atoms with Gasteiger partial charge >= 0.3 is 0 Å². The summed E-state index contributed by atoms with van der Waals surface area (Å²) in [6.07, 6.45) is 0.893. The Hall–Kier alpha value is -3.29. The van der Waals surface area contributed by atoms with Gasteiger partial charge < -0.3 is 24.1 Å². The van der Waals surface area contributed by atoms with Gasteiger partial charge in [-0.1, -0.05) is 24.3 Å². The van der Waals surface area contributed by atoms with Crippen LogP contribution in [-0.2, 0) is 0 Å². The number of H-pyrrole nitrogens is 1. The van der Waals surface area contributed by atoms with Gasteiger partial charge in [-0.15, -0.1) is 0 Å². The van der Waals surface area contributed by atoms with Crippen LogP contribution >= 0.6 is 0 Å². The van der Waals surface area contributed by atoms with Gasteiger partial charge in [0, 0.05) is 49.0 Å². The number of piperazine rings is 1. The number of aromatic amines is 1. The number of hydrogen-bond acceptors (Lipinski definition) is 5. The molecule has 1 atom stereocenters. The van der Waals surface area contributed by atoms with Crippen molar-refractivity contribution in [2.75, 3.05) is 39.3 Å². The highest BCUT2D eigenvalue weighted by Crippen LogP contribution is 2.33. The van der Waals surface area contributed by atoms with Crippen LogP contribution in [0.25, 0.3) is 21.8 Å². The Labute approximate surface area is 179 Å². The van der Waals surface area contributed by atoms with Crippen LogP contribution in [0.5, 0.6) is 5.75 Å². The lowest BCUT2D eigenvalue weighted by Gasteiger charge is -2.35. The second kappa shape index (κ2) is 8.45. The van der Waals surface area contributed by atoms with Crippen LogP contribution in [0, 0.1) is 0 Å². The summed E-state index contributed by atoms with van der Waals surface area (Å²) in [5.41, 5.74) is 2.08. The lowest BCUT2D eigenvalue weighted by Crippen LogP contribution is -2.50. The highest BCUT2D eigenvalue weighted by atomic mass is 16.5. The third-order valence-electron chi connectivity index (χ3n) is 5.78. The lowest BCUT2D eigenvalue weighted by molar-refractivity contribution is 0.0391. The van der Waals surface area contributed by atoms with Gasteiger partial charge in [-0.2, -0.15) is 0 Å². The molecule has 7 heteroatoms. The van der Waals surface area contributed by atoms with Crippen LogP contribution in [-0.4, -0.2) is 71.2 Å². The smallest absolute Gasteiger partial charge is 0.289 e. The zero-order valence-corrected chi connectivity index (χ0v) is 17.2. The average molecular weight is 419 g/mol. The highest BCUT2D eigenvalue weighted by molar-refractivity contribution is 6.10. The molecule has 7 nitrogen and oxygen atoms in total. The van der Waals surface area contributed by atoms with E-state index in [9.17, 15) is 9.90 Å². The second-order valence-corrected chi connectivity index (χ2v) is 7.88. The number of nitrogens with one attached hydrogen (secondary N) is 1. The summed E-state index contributed by atoms with van der Waals surface area (Å²) in [7, 11) is 0. The van der Waals surface area contributed by atoms with Gasteiger partial charge in [-0.3, -0.25) is 9.69 Å². The van der Waals surface area contributed by atoms with Gasteiger partial charge in [0.1, 0.15) is 18.5 Å². The van der Waals surface area contributed by atoms with E-state index in [0.29, 0.717) is 38.5 Å². The molecule has 0 bridgehead atoms. The average Bonchev–Trinajstić information content (AvgIpc) is 3.46. The number of aliphatic hydroxyl groups excluding tert-OH is 1. The number of carbonyl (C=O) groups is 1. The molecule has 2 aromatic carbocycles. The molecule has 3 heterocycles. The van der Waals surface area contributed by atoms with E-state index in [1.807, 2.05) is 36.4 Å². The number of amides is 1. The van der Waals surface area contributed by atoms with Crippen LogP contribution in [0.1, 0.15) is 10.6 Å². The first kappa shape index (κ1) is 19.7. The van der Waals surface area contributed by atoms with Crippen molar-refractivity contribution in [3.63, 3.8) is 0 Å². The summed E-state index contributed by atoms with van der Waals surface area (Å²) < 4.78 is 11.2. The minimum atomic E-state index is -0.618. The molecule has 0 radical (unpaired) electrons. The molecule has 0 aliphatic carbocycles. The maximum absolute atomic E-state index is 12.4. The zero-order chi connectivity index (χ0) is 21.2. The number of aliphatic hydroxyl groups is 1. The molecule has 1 fully saturated rings. The van der Waals surface area contributed by atoms with E-state index in [1.54, 1.807) is 17.0 Å². The van der Waals surface area contributed by atoms with Gasteiger partial charge in [0.15, 0.2) is 5.76 Å². The van der Waals surface area contributed by atoms with E-state index in [0.717, 1.165) is 27.6 Å². The molecule has 0 spiro atoms. The van der Waals surface area contributed by atoms with E-state index in [1.165, 1.54) is 6.26 Å². The second-order valence-electron chi connectivity index (χ2n) is 7.88. The van der Waals surface area contributed by atoms with Gasteiger partial charge in [0.05, 0.1) is 11.8 Å². The number of nitrogens with zero attached hydrogens (tertiary/aromatic N) is 2. The number of β-amino-alcohol motifs (C(OH)–C–C–N with tert-alkyl or cyclic N) is 1. The van der Waals surface area contributed by atoms with Gasteiger partial charge in [-0.25, -0.2) is 0 Å². The fourth-order valence-electron chi connectivity index (χ4n) is 4.21. The molecule has 2 N–H and O–H groups in total. The third-order valence-corrected chi connectivity index (χ3v) is 5.78. The standard InChI is InChI=1S/C24H25N3O4/c28-17(15-26-10-12-27(13-11-26)24(29)22-9-4-14-30-22)16-31-21-8-3-7-20-23(21)18-5-1-2-6-19(18)25-20/h1-9,14,17,25,28H,10-13,15-16H2. The van der Waals surface area contributed by atoms with Crippen molar-refractivity contribution in [2.24, 2.45) is 0 Å². The van der Waals surface area contributed by atoms with Crippen LogP contribution < -0.4 is 4.74 Å². The first-order valence-electron chi connectivity index (χ1n) is 10.5. The molecule has 160 valence electrons. The number of carbonyl (C=O) groups excluding carboxylic acids is 1. The van der Waals surface area contributed by atoms with Crippen molar-refractivity contribution in [1.82, 2.24) is 14.8 Å². The Morgan fingerprint density at radius 3 is 2.65 bits per heavy atom. The minimum absolute atomic E-state index is 0.0830. The van der Waals surface area contributed by atoms with Gasteiger partial charge in [0.2, 0.25) is 0 Å². The quantitative estimate of drug-likeness (QED) is 0.502. The molecule has 31 heavy (non-hydrogen) atoms. The van der Waals surface area contributed by atoms with E-state index in [4.69, 9.17) is 9.15 Å². The summed E-state index contributed by atoms with van der Waals surface area (Å²) in [6.45, 7) is 3.36. The predicted octanol–water partition coefficient (Wildman–Crippen LogP) is 3.11. The van der Waals surface area contributed by atoms with Crippen LogP contribution in [0.3, 0.4) is 0 Å². The van der Waals surface area contributed by atoms with Crippen molar-refractivity contribution in [3.8, 4) is 5.75 Å². The maximum atomic E-state index is 12.4. The fourth-order valence-corrected chi connectivity index (χ4v) is 4.21. The molecule has 1 unspecified atom stereocenters. The topological polar surface area (TPSA) is 81.9 Å². The normalized spacial score (nSPS) is 16.1. The molecule has 1 amide bonds. The van der Waals surface area contributed by atoms with Gasteiger partial charge in [0.25, 0.3) is 5.91 Å². The number of aromatic nitrogens is 1. The highest BCUT2D eigenvalue weighted by Gasteiger charge is 2.25. The number of para-hydroxylation sites is 1. The lowest BCUT2D eigenvalue weighted by atomic mass is 10.1. The molecule has 4 aromatic rings. The van der Waals surface area contributed by atoms with Gasteiger partial charge in [-0.05, 0) is 30.3 Å². The number of fused-ring (bicyclic) bond motifs is 3. The largest absolute Gasteiger partial charge is 0.490 e. The number of furan rings is 1. The van der Waals surface area contributed by atoms with E-state index >= 15 is 0 Å². The first-order valence-corrected chi connectivity index (χ1v) is 10.5. The van der Waals surface area contributed by atoms with Crippen LogP contribution in [0.4, 0.5) is 0 Å². The Bertz CT molecular complexity index is 1180. The summed E-state index contributed by atoms with van der Waals surface area (Å²) in [5, 5.41) is 12.7. The fraction of sp³-hybridized carbons (Fsp3) is 0.292.